The second-order valence-electron chi connectivity index (χ2n) is 5.70. The van der Waals surface area contributed by atoms with Gasteiger partial charge >= 0.3 is 5.97 Å². The van der Waals surface area contributed by atoms with Crippen molar-refractivity contribution >= 4 is 23.3 Å². The Morgan fingerprint density at radius 2 is 1.76 bits per heavy atom. The van der Waals surface area contributed by atoms with Gasteiger partial charge in [-0.3, -0.25) is 14.9 Å². The zero-order valence-corrected chi connectivity index (χ0v) is 14.2. The molecular weight excluding hydrogens is 324 g/mol. The molecule has 2 aromatic rings. The van der Waals surface area contributed by atoms with Crippen LogP contribution in [-0.4, -0.2) is 23.4 Å². The number of anilines is 1. The van der Waals surface area contributed by atoms with Crippen LogP contribution in [0.2, 0.25) is 0 Å². The van der Waals surface area contributed by atoms with Gasteiger partial charge in [-0.1, -0.05) is 23.8 Å². The molecular formula is C18H18N2O5. The van der Waals surface area contributed by atoms with Crippen molar-refractivity contribution in [2.75, 3.05) is 11.9 Å². The quantitative estimate of drug-likeness (QED) is 0.510. The number of amides is 1. The van der Waals surface area contributed by atoms with Crippen LogP contribution in [0.25, 0.3) is 0 Å². The van der Waals surface area contributed by atoms with Gasteiger partial charge < -0.3 is 10.1 Å². The number of nitrogens with zero attached hydrogens (tertiary/aromatic N) is 1. The molecule has 7 heteroatoms. The Morgan fingerprint density at radius 1 is 1.08 bits per heavy atom. The summed E-state index contributed by atoms with van der Waals surface area (Å²) in [4.78, 5) is 34.4. The molecule has 2 aromatic carbocycles. The Morgan fingerprint density at radius 3 is 2.44 bits per heavy atom. The Hall–Kier alpha value is -3.22. The molecule has 0 heterocycles. The van der Waals surface area contributed by atoms with Gasteiger partial charge in [-0.25, -0.2) is 4.79 Å². The molecule has 0 bridgehead atoms. The highest BCUT2D eigenvalue weighted by molar-refractivity contribution is 5.96. The van der Waals surface area contributed by atoms with Crippen molar-refractivity contribution in [3.8, 4) is 0 Å². The lowest BCUT2D eigenvalue weighted by molar-refractivity contribution is -0.385. The molecule has 7 nitrogen and oxygen atoms in total. The van der Waals surface area contributed by atoms with E-state index in [0.717, 1.165) is 11.1 Å². The Labute approximate surface area is 144 Å². The monoisotopic (exact) mass is 342 g/mol. The third-order valence-corrected chi connectivity index (χ3v) is 3.64. The molecule has 130 valence electrons. The molecule has 1 amide bonds. The predicted molar refractivity (Wildman–Crippen MR) is 92.7 cm³/mol. The van der Waals surface area contributed by atoms with E-state index >= 15 is 0 Å². The lowest BCUT2D eigenvalue weighted by Gasteiger charge is -2.09. The SMILES string of the molecule is Cc1ccc(C)c(C(=O)OCC(=O)Nc2ccc(C)c([N+](=O)[O-])c2)c1. The van der Waals surface area contributed by atoms with E-state index in [9.17, 15) is 19.7 Å². The first-order chi connectivity index (χ1) is 11.8. The van der Waals surface area contributed by atoms with E-state index in [-0.39, 0.29) is 11.4 Å². The summed E-state index contributed by atoms with van der Waals surface area (Å²) in [6.07, 6.45) is 0. The normalized spacial score (nSPS) is 10.2. The fraction of sp³-hybridized carbons (Fsp3) is 0.222. The Bertz CT molecular complexity index is 845. The topological polar surface area (TPSA) is 98.5 Å². The van der Waals surface area contributed by atoms with Crippen molar-refractivity contribution < 1.29 is 19.2 Å². The van der Waals surface area contributed by atoms with Crippen LogP contribution in [0, 0.1) is 30.9 Å². The molecule has 25 heavy (non-hydrogen) atoms. The number of nitro benzene ring substituents is 1. The third kappa shape index (κ3) is 4.63. The number of aryl methyl sites for hydroxylation is 3. The maximum atomic E-state index is 12.1. The second-order valence-corrected chi connectivity index (χ2v) is 5.70. The number of hydrogen-bond acceptors (Lipinski definition) is 5. The van der Waals surface area contributed by atoms with E-state index in [1.54, 1.807) is 32.0 Å². The number of benzene rings is 2. The molecule has 0 radical (unpaired) electrons. The molecule has 0 fully saturated rings. The number of nitro groups is 1. The number of hydrogen-bond donors (Lipinski definition) is 1. The van der Waals surface area contributed by atoms with E-state index in [1.807, 2.05) is 13.0 Å². The van der Waals surface area contributed by atoms with Crippen LogP contribution in [0.4, 0.5) is 11.4 Å². The van der Waals surface area contributed by atoms with Crippen molar-refractivity contribution in [1.82, 2.24) is 0 Å². The molecule has 0 atom stereocenters. The molecule has 0 aliphatic carbocycles. The molecule has 0 saturated heterocycles. The summed E-state index contributed by atoms with van der Waals surface area (Å²) in [5.74, 6) is -1.16. The molecule has 0 aliphatic heterocycles. The van der Waals surface area contributed by atoms with Gasteiger partial charge in [0.25, 0.3) is 11.6 Å². The maximum absolute atomic E-state index is 12.1. The molecule has 0 aromatic heterocycles. The largest absolute Gasteiger partial charge is 0.452 e. The Kier molecular flexibility index (Phi) is 5.49. The van der Waals surface area contributed by atoms with E-state index in [1.165, 1.54) is 12.1 Å². The third-order valence-electron chi connectivity index (χ3n) is 3.64. The molecule has 2 rings (SSSR count). The molecule has 1 N–H and O–H groups in total. The van der Waals surface area contributed by atoms with Gasteiger partial charge in [-0.15, -0.1) is 0 Å². The number of carbonyl (C=O) groups excluding carboxylic acids is 2. The predicted octanol–water partition coefficient (Wildman–Crippen LogP) is 3.32. The fourth-order valence-electron chi connectivity index (χ4n) is 2.25. The average Bonchev–Trinajstić information content (AvgIpc) is 2.56. The molecule has 0 unspecified atom stereocenters. The lowest BCUT2D eigenvalue weighted by atomic mass is 10.1. The summed E-state index contributed by atoms with van der Waals surface area (Å²) in [6.45, 7) is 4.76. The van der Waals surface area contributed by atoms with E-state index in [2.05, 4.69) is 5.32 Å². The minimum absolute atomic E-state index is 0.0924. The van der Waals surface area contributed by atoms with Crippen molar-refractivity contribution in [2.45, 2.75) is 20.8 Å². The maximum Gasteiger partial charge on any atom is 0.338 e. The number of carbonyl (C=O) groups is 2. The van der Waals surface area contributed by atoms with Crippen LogP contribution in [0.15, 0.2) is 36.4 Å². The summed E-state index contributed by atoms with van der Waals surface area (Å²) in [6, 6.07) is 9.72. The van der Waals surface area contributed by atoms with Crippen LogP contribution in [0.1, 0.15) is 27.0 Å². The van der Waals surface area contributed by atoms with E-state index in [0.29, 0.717) is 11.1 Å². The van der Waals surface area contributed by atoms with Crippen molar-refractivity contribution in [3.63, 3.8) is 0 Å². The van der Waals surface area contributed by atoms with Gasteiger partial charge in [0.1, 0.15) is 0 Å². The summed E-state index contributed by atoms with van der Waals surface area (Å²) in [5.41, 5.74) is 2.73. The fourth-order valence-corrected chi connectivity index (χ4v) is 2.25. The van der Waals surface area contributed by atoms with E-state index in [4.69, 9.17) is 4.74 Å². The first-order valence-corrected chi connectivity index (χ1v) is 7.57. The number of ether oxygens (including phenoxy) is 1. The van der Waals surface area contributed by atoms with Gasteiger partial charge in [0.2, 0.25) is 0 Å². The summed E-state index contributed by atoms with van der Waals surface area (Å²) in [7, 11) is 0. The van der Waals surface area contributed by atoms with E-state index < -0.39 is 23.4 Å². The summed E-state index contributed by atoms with van der Waals surface area (Å²) >= 11 is 0. The smallest absolute Gasteiger partial charge is 0.338 e. The molecule has 0 spiro atoms. The highest BCUT2D eigenvalue weighted by Crippen LogP contribution is 2.22. The van der Waals surface area contributed by atoms with Crippen LogP contribution < -0.4 is 5.32 Å². The van der Waals surface area contributed by atoms with Crippen LogP contribution in [0.3, 0.4) is 0 Å². The minimum atomic E-state index is -0.591. The summed E-state index contributed by atoms with van der Waals surface area (Å²) in [5, 5.41) is 13.4. The average molecular weight is 342 g/mol. The highest BCUT2D eigenvalue weighted by atomic mass is 16.6. The van der Waals surface area contributed by atoms with Crippen molar-refractivity contribution in [1.29, 1.82) is 0 Å². The first kappa shape index (κ1) is 18.1. The van der Waals surface area contributed by atoms with Crippen molar-refractivity contribution in [2.24, 2.45) is 0 Å². The minimum Gasteiger partial charge on any atom is -0.452 e. The number of rotatable bonds is 5. The van der Waals surface area contributed by atoms with Gasteiger partial charge in [0.05, 0.1) is 10.5 Å². The zero-order valence-electron chi connectivity index (χ0n) is 14.2. The second kappa shape index (κ2) is 7.57. The van der Waals surface area contributed by atoms with Crippen LogP contribution in [0.5, 0.6) is 0 Å². The number of esters is 1. The van der Waals surface area contributed by atoms with Gasteiger partial charge in [0.15, 0.2) is 6.61 Å². The highest BCUT2D eigenvalue weighted by Gasteiger charge is 2.15. The lowest BCUT2D eigenvalue weighted by Crippen LogP contribution is -2.21. The standard InChI is InChI=1S/C18H18N2O5/c1-11-4-5-12(2)15(8-11)18(22)25-10-17(21)19-14-7-6-13(3)16(9-14)20(23)24/h4-9H,10H2,1-3H3,(H,19,21). The molecule has 0 aliphatic rings. The molecule has 0 saturated carbocycles. The van der Waals surface area contributed by atoms with Gasteiger partial charge in [0, 0.05) is 17.3 Å². The Balaban J connectivity index is 1.99. The van der Waals surface area contributed by atoms with Gasteiger partial charge in [-0.2, -0.15) is 0 Å². The van der Waals surface area contributed by atoms with Crippen molar-refractivity contribution in [3.05, 3.63) is 68.8 Å². The first-order valence-electron chi connectivity index (χ1n) is 7.57. The van der Waals surface area contributed by atoms with Crippen LogP contribution in [-0.2, 0) is 9.53 Å². The zero-order chi connectivity index (χ0) is 18.6. The number of nitrogens with one attached hydrogen (secondary N) is 1. The van der Waals surface area contributed by atoms with Crippen LogP contribution >= 0.6 is 0 Å². The summed E-state index contributed by atoms with van der Waals surface area (Å²) < 4.78 is 5.01. The van der Waals surface area contributed by atoms with Gasteiger partial charge in [-0.05, 0) is 38.5 Å².